The van der Waals surface area contributed by atoms with E-state index in [-0.39, 0.29) is 18.1 Å². The van der Waals surface area contributed by atoms with Crippen molar-refractivity contribution in [1.29, 1.82) is 0 Å². The third kappa shape index (κ3) is 2.82. The summed E-state index contributed by atoms with van der Waals surface area (Å²) >= 11 is 0. The van der Waals surface area contributed by atoms with E-state index in [0.29, 0.717) is 18.7 Å². The second kappa shape index (κ2) is 5.45. The highest BCUT2D eigenvalue weighted by Gasteiger charge is 2.08. The minimum Gasteiger partial charge on any atom is -0.488 e. The van der Waals surface area contributed by atoms with Crippen LogP contribution in [0.25, 0.3) is 0 Å². The van der Waals surface area contributed by atoms with Crippen molar-refractivity contribution < 1.29 is 9.13 Å². The number of benzene rings is 1. The van der Waals surface area contributed by atoms with Crippen LogP contribution in [0.5, 0.6) is 5.75 Å². The highest BCUT2D eigenvalue weighted by atomic mass is 19.1. The van der Waals surface area contributed by atoms with Crippen LogP contribution in [0.3, 0.4) is 0 Å². The van der Waals surface area contributed by atoms with Crippen LogP contribution in [0.1, 0.15) is 5.56 Å². The second-order valence-electron chi connectivity index (χ2n) is 3.58. The molecule has 0 bridgehead atoms. The zero-order chi connectivity index (χ0) is 12.1. The van der Waals surface area contributed by atoms with Gasteiger partial charge in [-0.1, -0.05) is 12.1 Å². The maximum atomic E-state index is 13.5. The highest BCUT2D eigenvalue weighted by Crippen LogP contribution is 2.22. The van der Waals surface area contributed by atoms with Gasteiger partial charge in [-0.3, -0.25) is 0 Å². The van der Waals surface area contributed by atoms with Crippen molar-refractivity contribution in [2.24, 2.45) is 5.73 Å². The second-order valence-corrected chi connectivity index (χ2v) is 3.58. The summed E-state index contributed by atoms with van der Waals surface area (Å²) in [7, 11) is 0. The van der Waals surface area contributed by atoms with Gasteiger partial charge >= 0.3 is 0 Å². The molecule has 2 N–H and O–H groups in total. The van der Waals surface area contributed by atoms with Crippen LogP contribution in [-0.4, -0.2) is 16.2 Å². The molecule has 0 aliphatic heterocycles. The lowest BCUT2D eigenvalue weighted by atomic mass is 10.2. The zero-order valence-electron chi connectivity index (χ0n) is 9.34. The Balaban J connectivity index is 1.98. The molecule has 0 atom stereocenters. The Hall–Kier alpha value is -1.88. The first-order valence-electron chi connectivity index (χ1n) is 5.37. The average molecular weight is 235 g/mol. The Kier molecular flexibility index (Phi) is 3.72. The van der Waals surface area contributed by atoms with Gasteiger partial charge in [-0.05, 0) is 6.07 Å². The van der Waals surface area contributed by atoms with Crippen molar-refractivity contribution in [2.45, 2.75) is 13.1 Å². The van der Waals surface area contributed by atoms with Gasteiger partial charge < -0.3 is 15.0 Å². The van der Waals surface area contributed by atoms with Gasteiger partial charge in [0.25, 0.3) is 0 Å². The average Bonchev–Trinajstić information content (AvgIpc) is 2.84. The monoisotopic (exact) mass is 235 g/mol. The largest absolute Gasteiger partial charge is 0.488 e. The molecule has 5 heteroatoms. The molecule has 0 spiro atoms. The summed E-state index contributed by atoms with van der Waals surface area (Å²) in [5, 5.41) is 0. The lowest BCUT2D eigenvalue weighted by Gasteiger charge is -2.11. The number of halogens is 1. The Bertz CT molecular complexity index is 471. The van der Waals surface area contributed by atoms with Gasteiger partial charge in [0.1, 0.15) is 6.61 Å². The van der Waals surface area contributed by atoms with E-state index in [0.717, 1.165) is 0 Å². The lowest BCUT2D eigenvalue weighted by Crippen LogP contribution is -2.10. The maximum absolute atomic E-state index is 13.5. The molecule has 17 heavy (non-hydrogen) atoms. The van der Waals surface area contributed by atoms with Crippen molar-refractivity contribution in [3.63, 3.8) is 0 Å². The molecule has 1 aromatic heterocycles. The van der Waals surface area contributed by atoms with Gasteiger partial charge in [0.15, 0.2) is 11.6 Å². The van der Waals surface area contributed by atoms with Gasteiger partial charge in [-0.2, -0.15) is 0 Å². The molecule has 1 aromatic carbocycles. The zero-order valence-corrected chi connectivity index (χ0v) is 9.34. The summed E-state index contributed by atoms with van der Waals surface area (Å²) in [6, 6.07) is 4.75. The summed E-state index contributed by atoms with van der Waals surface area (Å²) < 4.78 is 20.8. The minimum absolute atomic E-state index is 0.245. The first-order chi connectivity index (χ1) is 8.31. The molecule has 1 heterocycles. The van der Waals surface area contributed by atoms with Gasteiger partial charge in [0.05, 0.1) is 12.9 Å². The standard InChI is InChI=1S/C12H14FN3O/c13-11-3-1-2-10(8-14)12(11)17-7-6-16-5-4-15-9-16/h1-5,9H,6-8,14H2. The van der Waals surface area contributed by atoms with Gasteiger partial charge in [-0.25, -0.2) is 9.37 Å². The molecule has 0 aliphatic rings. The van der Waals surface area contributed by atoms with Gasteiger partial charge in [0, 0.05) is 24.5 Å². The molecular weight excluding hydrogens is 221 g/mol. The third-order valence-corrected chi connectivity index (χ3v) is 2.42. The fraction of sp³-hybridized carbons (Fsp3) is 0.250. The number of nitrogens with two attached hydrogens (primary N) is 1. The van der Waals surface area contributed by atoms with Crippen LogP contribution in [0.15, 0.2) is 36.9 Å². The fourth-order valence-corrected chi connectivity index (χ4v) is 1.55. The molecule has 0 fully saturated rings. The third-order valence-electron chi connectivity index (χ3n) is 2.42. The summed E-state index contributed by atoms with van der Waals surface area (Å²) in [5.41, 5.74) is 6.20. The lowest BCUT2D eigenvalue weighted by molar-refractivity contribution is 0.281. The summed E-state index contributed by atoms with van der Waals surface area (Å²) in [6.45, 7) is 1.26. The van der Waals surface area contributed by atoms with Crippen molar-refractivity contribution in [2.75, 3.05) is 6.61 Å². The summed E-state index contributed by atoms with van der Waals surface area (Å²) in [4.78, 5) is 3.91. The maximum Gasteiger partial charge on any atom is 0.165 e. The minimum atomic E-state index is -0.376. The predicted octanol–water partition coefficient (Wildman–Crippen LogP) is 1.56. The fourth-order valence-electron chi connectivity index (χ4n) is 1.55. The summed E-state index contributed by atoms with van der Waals surface area (Å²) in [6.07, 6.45) is 5.21. The van der Waals surface area contributed by atoms with E-state index in [2.05, 4.69) is 4.98 Å². The molecule has 0 radical (unpaired) electrons. The van der Waals surface area contributed by atoms with Crippen LogP contribution in [0.4, 0.5) is 4.39 Å². The van der Waals surface area contributed by atoms with E-state index in [4.69, 9.17) is 10.5 Å². The molecular formula is C12H14FN3O. The van der Waals surface area contributed by atoms with Crippen LogP contribution in [0.2, 0.25) is 0 Å². The topological polar surface area (TPSA) is 53.1 Å². The normalized spacial score (nSPS) is 10.5. The van der Waals surface area contributed by atoms with E-state index < -0.39 is 0 Å². The summed E-state index contributed by atoms with van der Waals surface area (Å²) in [5.74, 6) is -0.131. The smallest absolute Gasteiger partial charge is 0.165 e. The Morgan fingerprint density at radius 2 is 2.29 bits per heavy atom. The highest BCUT2D eigenvalue weighted by molar-refractivity contribution is 5.34. The first kappa shape index (κ1) is 11.6. The molecule has 0 aliphatic carbocycles. The Morgan fingerprint density at radius 1 is 1.41 bits per heavy atom. The molecule has 0 unspecified atom stereocenters. The molecule has 4 nitrogen and oxygen atoms in total. The molecule has 0 amide bonds. The van der Waals surface area contributed by atoms with Crippen LogP contribution in [0, 0.1) is 5.82 Å². The van der Waals surface area contributed by atoms with Gasteiger partial charge in [-0.15, -0.1) is 0 Å². The van der Waals surface area contributed by atoms with E-state index in [1.807, 2.05) is 10.8 Å². The molecule has 2 rings (SSSR count). The number of hydrogen-bond donors (Lipinski definition) is 1. The van der Waals surface area contributed by atoms with Crippen molar-refractivity contribution in [3.8, 4) is 5.75 Å². The molecule has 0 saturated heterocycles. The SMILES string of the molecule is NCc1cccc(F)c1OCCn1ccnc1. The number of rotatable bonds is 5. The van der Waals surface area contributed by atoms with E-state index in [1.54, 1.807) is 24.7 Å². The molecule has 90 valence electrons. The van der Waals surface area contributed by atoms with E-state index >= 15 is 0 Å². The number of nitrogens with zero attached hydrogens (tertiary/aromatic N) is 2. The van der Waals surface area contributed by atoms with Crippen LogP contribution >= 0.6 is 0 Å². The molecule has 0 saturated carbocycles. The first-order valence-corrected chi connectivity index (χ1v) is 5.37. The van der Waals surface area contributed by atoms with Gasteiger partial charge in [0.2, 0.25) is 0 Å². The van der Waals surface area contributed by atoms with Crippen molar-refractivity contribution in [1.82, 2.24) is 9.55 Å². The van der Waals surface area contributed by atoms with E-state index in [9.17, 15) is 4.39 Å². The van der Waals surface area contributed by atoms with E-state index in [1.165, 1.54) is 6.07 Å². The Labute approximate surface area is 98.8 Å². The number of para-hydroxylation sites is 1. The number of imidazole rings is 1. The quantitative estimate of drug-likeness (QED) is 0.855. The van der Waals surface area contributed by atoms with Crippen molar-refractivity contribution in [3.05, 3.63) is 48.3 Å². The van der Waals surface area contributed by atoms with Crippen molar-refractivity contribution >= 4 is 0 Å². The Morgan fingerprint density at radius 3 is 3.00 bits per heavy atom. The number of ether oxygens (including phenoxy) is 1. The predicted molar refractivity (Wildman–Crippen MR) is 62.0 cm³/mol. The molecule has 2 aromatic rings. The van der Waals surface area contributed by atoms with Crippen LogP contribution in [-0.2, 0) is 13.1 Å². The number of aromatic nitrogens is 2. The number of hydrogen-bond acceptors (Lipinski definition) is 3. The van der Waals surface area contributed by atoms with Crippen LogP contribution < -0.4 is 10.5 Å².